The van der Waals surface area contributed by atoms with E-state index in [1.807, 2.05) is 0 Å². The first kappa shape index (κ1) is 14.4. The Hall–Kier alpha value is -3.22. The molecule has 4 aromatic rings. The molecule has 0 aliphatic rings. The van der Waals surface area contributed by atoms with Gasteiger partial charge in [0.1, 0.15) is 17.2 Å². The van der Waals surface area contributed by atoms with E-state index in [-0.39, 0.29) is 23.5 Å². The summed E-state index contributed by atoms with van der Waals surface area (Å²) >= 11 is 0. The Labute approximate surface area is 134 Å². The Morgan fingerprint density at radius 2 is 2.08 bits per heavy atom. The molecule has 4 rings (SSSR count). The van der Waals surface area contributed by atoms with E-state index >= 15 is 0 Å². The van der Waals surface area contributed by atoms with Crippen LogP contribution in [0.4, 0.5) is 4.39 Å². The monoisotopic (exact) mass is 325 g/mol. The zero-order valence-corrected chi connectivity index (χ0v) is 12.7. The van der Waals surface area contributed by atoms with Crippen molar-refractivity contribution in [2.45, 2.75) is 13.5 Å². The number of pyridine rings is 1. The molecule has 0 aliphatic carbocycles. The molecule has 0 bridgehead atoms. The van der Waals surface area contributed by atoms with E-state index in [4.69, 9.17) is 4.42 Å². The minimum atomic E-state index is -0.489. The molecule has 24 heavy (non-hydrogen) atoms. The van der Waals surface area contributed by atoms with Crippen molar-refractivity contribution in [3.63, 3.8) is 0 Å². The van der Waals surface area contributed by atoms with Crippen molar-refractivity contribution in [3.8, 4) is 0 Å². The molecule has 6 nitrogen and oxygen atoms in total. The van der Waals surface area contributed by atoms with E-state index in [0.717, 1.165) is 0 Å². The third kappa shape index (κ3) is 2.30. The van der Waals surface area contributed by atoms with Crippen LogP contribution in [-0.2, 0) is 6.54 Å². The van der Waals surface area contributed by atoms with Gasteiger partial charge >= 0.3 is 5.63 Å². The number of imidazole rings is 1. The molecule has 0 radical (unpaired) electrons. The van der Waals surface area contributed by atoms with Gasteiger partial charge in [-0.05, 0) is 36.8 Å². The van der Waals surface area contributed by atoms with Gasteiger partial charge in [0, 0.05) is 12.3 Å². The number of H-pyrrole nitrogens is 1. The zero-order chi connectivity index (χ0) is 16.8. The van der Waals surface area contributed by atoms with E-state index < -0.39 is 5.63 Å². The second kappa shape index (κ2) is 5.16. The van der Waals surface area contributed by atoms with Crippen molar-refractivity contribution in [2.75, 3.05) is 0 Å². The lowest BCUT2D eigenvalue weighted by molar-refractivity contribution is 0.557. The molecule has 0 aliphatic heterocycles. The van der Waals surface area contributed by atoms with Crippen LogP contribution >= 0.6 is 0 Å². The summed E-state index contributed by atoms with van der Waals surface area (Å²) in [6.07, 6.45) is 1.54. The fraction of sp³-hybridized carbons (Fsp3) is 0.118. The van der Waals surface area contributed by atoms with Gasteiger partial charge in [-0.3, -0.25) is 4.79 Å². The molecule has 0 fully saturated rings. The number of aryl methyl sites for hydroxylation is 1. The van der Waals surface area contributed by atoms with Crippen LogP contribution in [0, 0.1) is 12.7 Å². The molecule has 1 N–H and O–H groups in total. The number of nitrogens with zero attached hydrogens (tertiary/aromatic N) is 2. The molecule has 0 atom stereocenters. The maximum atomic E-state index is 13.2. The van der Waals surface area contributed by atoms with Gasteiger partial charge in [-0.1, -0.05) is 0 Å². The van der Waals surface area contributed by atoms with E-state index in [1.54, 1.807) is 25.3 Å². The van der Waals surface area contributed by atoms with E-state index in [9.17, 15) is 14.0 Å². The highest BCUT2D eigenvalue weighted by molar-refractivity contribution is 5.78. The topological polar surface area (TPSA) is 80.9 Å². The molecule has 7 heteroatoms. The second-order valence-electron chi connectivity index (χ2n) is 5.58. The molecule has 120 valence electrons. The number of hydrogen-bond donors (Lipinski definition) is 1. The normalized spacial score (nSPS) is 11.4. The van der Waals surface area contributed by atoms with Crippen LogP contribution in [0.5, 0.6) is 0 Å². The van der Waals surface area contributed by atoms with Crippen molar-refractivity contribution >= 4 is 22.0 Å². The summed E-state index contributed by atoms with van der Waals surface area (Å²) in [5, 5.41) is 0.360. The number of nitrogens with one attached hydrogen (secondary N) is 1. The predicted molar refractivity (Wildman–Crippen MR) is 86.6 cm³/mol. The highest BCUT2D eigenvalue weighted by Gasteiger charge is 2.11. The molecule has 3 heterocycles. The molecule has 0 unspecified atom stereocenters. The van der Waals surface area contributed by atoms with E-state index in [1.165, 1.54) is 22.8 Å². The predicted octanol–water partition coefficient (Wildman–Crippen LogP) is 2.33. The molecule has 3 aromatic heterocycles. The molecular formula is C17H12FN3O3. The van der Waals surface area contributed by atoms with Crippen molar-refractivity contribution in [1.29, 1.82) is 0 Å². The van der Waals surface area contributed by atoms with Crippen LogP contribution in [0.25, 0.3) is 22.0 Å². The number of halogens is 1. The molecular weight excluding hydrogens is 313 g/mol. The van der Waals surface area contributed by atoms with Gasteiger partial charge in [0.15, 0.2) is 0 Å². The number of aromatic amines is 1. The quantitative estimate of drug-likeness (QED) is 0.613. The van der Waals surface area contributed by atoms with Crippen molar-refractivity contribution in [1.82, 2.24) is 14.5 Å². The highest BCUT2D eigenvalue weighted by Crippen LogP contribution is 2.15. The summed E-state index contributed by atoms with van der Waals surface area (Å²) < 4.78 is 19.8. The van der Waals surface area contributed by atoms with Crippen LogP contribution < -0.4 is 11.2 Å². The van der Waals surface area contributed by atoms with Gasteiger partial charge in [0.05, 0.1) is 23.0 Å². The third-order valence-electron chi connectivity index (χ3n) is 3.88. The Balaban J connectivity index is 1.82. The van der Waals surface area contributed by atoms with Crippen LogP contribution in [0.15, 0.2) is 50.5 Å². The number of fused-ring (bicyclic) bond motifs is 2. The smallest absolute Gasteiger partial charge is 0.336 e. The minimum Gasteiger partial charge on any atom is -0.422 e. The average molecular weight is 325 g/mol. The third-order valence-corrected chi connectivity index (χ3v) is 3.88. The lowest BCUT2D eigenvalue weighted by Gasteiger charge is -2.06. The summed E-state index contributed by atoms with van der Waals surface area (Å²) in [6, 6.07) is 7.13. The lowest BCUT2D eigenvalue weighted by atomic mass is 10.2. The number of aromatic nitrogens is 3. The average Bonchev–Trinajstić information content (AvgIpc) is 2.91. The molecule has 0 saturated carbocycles. The molecule has 0 saturated heterocycles. The minimum absolute atomic E-state index is 0.198. The number of benzene rings is 1. The Kier molecular flexibility index (Phi) is 3.09. The fourth-order valence-corrected chi connectivity index (χ4v) is 2.79. The fourth-order valence-electron chi connectivity index (χ4n) is 2.79. The Morgan fingerprint density at radius 3 is 2.92 bits per heavy atom. The van der Waals surface area contributed by atoms with Crippen molar-refractivity contribution in [2.24, 2.45) is 0 Å². The van der Waals surface area contributed by atoms with Crippen LogP contribution in [0.2, 0.25) is 0 Å². The zero-order valence-electron chi connectivity index (χ0n) is 12.7. The van der Waals surface area contributed by atoms with Gasteiger partial charge in [0.25, 0.3) is 5.56 Å². The van der Waals surface area contributed by atoms with Crippen LogP contribution in [0.3, 0.4) is 0 Å². The summed E-state index contributed by atoms with van der Waals surface area (Å²) in [5.41, 5.74) is 1.25. The van der Waals surface area contributed by atoms with Gasteiger partial charge in [0.2, 0.25) is 0 Å². The molecule has 1 aromatic carbocycles. The van der Waals surface area contributed by atoms with Crippen LogP contribution in [-0.4, -0.2) is 14.5 Å². The number of rotatable bonds is 2. The summed E-state index contributed by atoms with van der Waals surface area (Å²) in [7, 11) is 0. The van der Waals surface area contributed by atoms with Gasteiger partial charge in [-0.2, -0.15) is 0 Å². The van der Waals surface area contributed by atoms with Gasteiger partial charge in [-0.15, -0.1) is 0 Å². The molecule has 0 spiro atoms. The standard InChI is InChI=1S/C17H12FN3O3/c1-9-6-15(22)24-13-4-5-21(17(23)16(9)13)8-14-19-11-3-2-10(18)7-12(11)20-14/h2-7H,8H2,1H3,(H,19,20). The number of hydrogen-bond acceptors (Lipinski definition) is 4. The van der Waals surface area contributed by atoms with Gasteiger partial charge in [-0.25, -0.2) is 14.2 Å². The Morgan fingerprint density at radius 1 is 1.25 bits per heavy atom. The summed E-state index contributed by atoms with van der Waals surface area (Å²) in [6.45, 7) is 1.89. The maximum Gasteiger partial charge on any atom is 0.336 e. The van der Waals surface area contributed by atoms with Crippen LogP contribution in [0.1, 0.15) is 11.4 Å². The first-order chi connectivity index (χ1) is 11.5. The first-order valence-electron chi connectivity index (χ1n) is 7.29. The Bertz CT molecular complexity index is 1200. The highest BCUT2D eigenvalue weighted by atomic mass is 19.1. The summed E-state index contributed by atoms with van der Waals surface area (Å²) in [4.78, 5) is 31.4. The van der Waals surface area contributed by atoms with Crippen molar-refractivity contribution < 1.29 is 8.81 Å². The lowest BCUT2D eigenvalue weighted by Crippen LogP contribution is -2.22. The SMILES string of the molecule is Cc1cc(=O)oc2ccn(Cc3nc4ccc(F)cc4[nH]3)c(=O)c12. The first-order valence-corrected chi connectivity index (χ1v) is 7.29. The van der Waals surface area contributed by atoms with E-state index in [2.05, 4.69) is 9.97 Å². The van der Waals surface area contributed by atoms with Crippen molar-refractivity contribution in [3.05, 3.63) is 74.5 Å². The van der Waals surface area contributed by atoms with Gasteiger partial charge < -0.3 is 14.0 Å². The maximum absolute atomic E-state index is 13.2. The summed E-state index contributed by atoms with van der Waals surface area (Å²) in [5.74, 6) is 0.179. The molecule has 0 amide bonds. The van der Waals surface area contributed by atoms with E-state index in [0.29, 0.717) is 27.8 Å². The largest absolute Gasteiger partial charge is 0.422 e. The second-order valence-corrected chi connectivity index (χ2v) is 5.58.